The number of rotatable bonds is 13. The molecular formula is C29H47N3O4. The highest BCUT2D eigenvalue weighted by Crippen LogP contribution is 2.26. The number of nitrogens with one attached hydrogen (secondary N) is 2. The topological polar surface area (TPSA) is 87.7 Å². The van der Waals surface area contributed by atoms with Crippen LogP contribution in [0.5, 0.6) is 0 Å². The van der Waals surface area contributed by atoms with Gasteiger partial charge in [0, 0.05) is 12.6 Å². The van der Waals surface area contributed by atoms with E-state index in [0.29, 0.717) is 18.5 Å². The zero-order chi connectivity index (χ0) is 27.5. The maximum absolute atomic E-state index is 14.1. The first-order valence-corrected chi connectivity index (χ1v) is 13.1. The number of hydrogen-bond acceptors (Lipinski definition) is 4. The van der Waals surface area contributed by atoms with Gasteiger partial charge in [0.2, 0.25) is 11.8 Å². The minimum Gasteiger partial charge on any atom is -0.444 e. The Kier molecular flexibility index (Phi) is 12.7. The highest BCUT2D eigenvalue weighted by molar-refractivity contribution is 5.92. The van der Waals surface area contributed by atoms with Gasteiger partial charge < -0.3 is 20.3 Å². The van der Waals surface area contributed by atoms with Crippen LogP contribution in [0.3, 0.4) is 0 Å². The summed E-state index contributed by atoms with van der Waals surface area (Å²) >= 11 is 0. The fraction of sp³-hybridized carbons (Fsp3) is 0.621. The van der Waals surface area contributed by atoms with Gasteiger partial charge in [0.25, 0.3) is 0 Å². The lowest BCUT2D eigenvalue weighted by molar-refractivity contribution is -0.143. The summed E-state index contributed by atoms with van der Waals surface area (Å²) in [6, 6.07) is 5.75. The van der Waals surface area contributed by atoms with E-state index in [9.17, 15) is 14.4 Å². The van der Waals surface area contributed by atoms with Gasteiger partial charge in [-0.05, 0) is 70.6 Å². The molecule has 202 valence electrons. The number of hydrogen-bond donors (Lipinski definition) is 2. The summed E-state index contributed by atoms with van der Waals surface area (Å²) in [6.07, 6.45) is 4.14. The number of unbranched alkanes of at least 4 members (excludes halogenated alkanes) is 2. The maximum Gasteiger partial charge on any atom is 0.408 e. The predicted octanol–water partition coefficient (Wildman–Crippen LogP) is 5.85. The normalized spacial score (nSPS) is 13.2. The molecule has 0 fully saturated rings. The second kappa shape index (κ2) is 14.7. The monoisotopic (exact) mass is 501 g/mol. The van der Waals surface area contributed by atoms with Crippen molar-refractivity contribution in [1.82, 2.24) is 15.5 Å². The number of ether oxygens (including phenoxy) is 1. The summed E-state index contributed by atoms with van der Waals surface area (Å²) in [5.41, 5.74) is 0.874. The zero-order valence-corrected chi connectivity index (χ0v) is 23.5. The van der Waals surface area contributed by atoms with Crippen molar-refractivity contribution in [2.75, 3.05) is 6.54 Å². The van der Waals surface area contributed by atoms with Gasteiger partial charge in [0.05, 0.1) is 0 Å². The zero-order valence-electron chi connectivity index (χ0n) is 23.5. The quantitative estimate of drug-likeness (QED) is 0.332. The van der Waals surface area contributed by atoms with Gasteiger partial charge in [-0.3, -0.25) is 9.59 Å². The van der Waals surface area contributed by atoms with Crippen LogP contribution in [-0.2, 0) is 14.3 Å². The van der Waals surface area contributed by atoms with E-state index in [1.165, 1.54) is 0 Å². The lowest BCUT2D eigenvalue weighted by atomic mass is 9.97. The van der Waals surface area contributed by atoms with E-state index in [4.69, 9.17) is 4.74 Å². The average molecular weight is 502 g/mol. The first kappa shape index (κ1) is 31.2. The highest BCUT2D eigenvalue weighted by atomic mass is 16.6. The van der Waals surface area contributed by atoms with E-state index in [0.717, 1.165) is 24.8 Å². The van der Waals surface area contributed by atoms with Crippen molar-refractivity contribution in [2.45, 2.75) is 105 Å². The summed E-state index contributed by atoms with van der Waals surface area (Å²) in [5.74, 6) is -0.409. The molecule has 7 heteroatoms. The average Bonchev–Trinajstić information content (AvgIpc) is 2.75. The number of amides is 3. The summed E-state index contributed by atoms with van der Waals surface area (Å²) in [6.45, 7) is 19.4. The molecule has 0 heterocycles. The predicted molar refractivity (Wildman–Crippen MR) is 146 cm³/mol. The molecular weight excluding hydrogens is 454 g/mol. The first-order chi connectivity index (χ1) is 16.8. The van der Waals surface area contributed by atoms with Crippen LogP contribution < -0.4 is 10.6 Å². The Balaban J connectivity index is 3.52. The molecule has 0 bridgehead atoms. The molecule has 1 rings (SSSR count). The summed E-state index contributed by atoms with van der Waals surface area (Å²) < 4.78 is 5.44. The van der Waals surface area contributed by atoms with Crippen molar-refractivity contribution in [1.29, 1.82) is 0 Å². The lowest BCUT2D eigenvalue weighted by Gasteiger charge is -2.35. The van der Waals surface area contributed by atoms with Crippen LogP contribution in [0.2, 0.25) is 0 Å². The van der Waals surface area contributed by atoms with E-state index in [1.54, 1.807) is 31.7 Å². The van der Waals surface area contributed by atoms with Crippen LogP contribution in [0.4, 0.5) is 4.79 Å². The Bertz CT molecular complexity index is 874. The van der Waals surface area contributed by atoms with Gasteiger partial charge in [-0.25, -0.2) is 4.79 Å². The van der Waals surface area contributed by atoms with Gasteiger partial charge >= 0.3 is 6.09 Å². The third-order valence-corrected chi connectivity index (χ3v) is 5.43. The highest BCUT2D eigenvalue weighted by Gasteiger charge is 2.36. The molecule has 0 saturated carbocycles. The summed E-state index contributed by atoms with van der Waals surface area (Å²) in [4.78, 5) is 41.9. The van der Waals surface area contributed by atoms with Crippen molar-refractivity contribution in [3.05, 3.63) is 42.0 Å². The molecule has 2 N–H and O–H groups in total. The lowest BCUT2D eigenvalue weighted by Crippen LogP contribution is -2.54. The molecule has 7 nitrogen and oxygen atoms in total. The Morgan fingerprint density at radius 1 is 1.08 bits per heavy atom. The van der Waals surface area contributed by atoms with E-state index in [1.807, 2.05) is 52.0 Å². The molecule has 0 spiro atoms. The van der Waals surface area contributed by atoms with E-state index >= 15 is 0 Å². The van der Waals surface area contributed by atoms with Crippen molar-refractivity contribution >= 4 is 24.0 Å². The van der Waals surface area contributed by atoms with E-state index in [2.05, 4.69) is 24.1 Å². The fourth-order valence-corrected chi connectivity index (χ4v) is 3.93. The van der Waals surface area contributed by atoms with Crippen LogP contribution in [0.1, 0.15) is 98.2 Å². The largest absolute Gasteiger partial charge is 0.444 e. The van der Waals surface area contributed by atoms with Crippen molar-refractivity contribution in [2.24, 2.45) is 5.92 Å². The maximum atomic E-state index is 14.1. The number of benzene rings is 1. The van der Waals surface area contributed by atoms with Gasteiger partial charge in [-0.1, -0.05) is 64.5 Å². The summed E-state index contributed by atoms with van der Waals surface area (Å²) in [7, 11) is 0. The smallest absolute Gasteiger partial charge is 0.408 e. The third-order valence-electron chi connectivity index (χ3n) is 5.43. The van der Waals surface area contributed by atoms with Crippen molar-refractivity contribution < 1.29 is 19.1 Å². The van der Waals surface area contributed by atoms with Crippen molar-refractivity contribution in [3.8, 4) is 0 Å². The Morgan fingerprint density at radius 3 is 2.28 bits per heavy atom. The molecule has 2 unspecified atom stereocenters. The van der Waals surface area contributed by atoms with Gasteiger partial charge in [0.1, 0.15) is 17.7 Å². The molecule has 0 aliphatic heterocycles. The first-order valence-electron chi connectivity index (χ1n) is 13.1. The second-order valence-corrected chi connectivity index (χ2v) is 11.0. The van der Waals surface area contributed by atoms with Crippen LogP contribution in [0.15, 0.2) is 30.8 Å². The SMILES string of the molecule is C=Cc1cccc(C(C(=O)NC(C)C)N(CCCCC)C(=O)C(CC(C)C)NC(=O)OC(C)(C)C)c1. The molecule has 0 radical (unpaired) electrons. The van der Waals surface area contributed by atoms with Gasteiger partial charge in [-0.2, -0.15) is 0 Å². The molecule has 3 amide bonds. The van der Waals surface area contributed by atoms with E-state index in [-0.39, 0.29) is 23.8 Å². The van der Waals surface area contributed by atoms with Crippen molar-refractivity contribution in [3.63, 3.8) is 0 Å². The molecule has 1 aromatic rings. The fourth-order valence-electron chi connectivity index (χ4n) is 3.93. The molecule has 1 aromatic carbocycles. The molecule has 36 heavy (non-hydrogen) atoms. The Morgan fingerprint density at radius 2 is 1.75 bits per heavy atom. The second-order valence-electron chi connectivity index (χ2n) is 11.0. The minimum atomic E-state index is -0.841. The summed E-state index contributed by atoms with van der Waals surface area (Å²) in [5, 5.41) is 5.77. The van der Waals surface area contributed by atoms with Crippen LogP contribution in [0, 0.1) is 5.92 Å². The number of nitrogens with zero attached hydrogens (tertiary/aromatic N) is 1. The molecule has 0 aliphatic carbocycles. The number of alkyl carbamates (subject to hydrolysis) is 1. The molecule has 0 aromatic heterocycles. The number of carbonyl (C=O) groups is 3. The van der Waals surface area contributed by atoms with Gasteiger partial charge in [-0.15, -0.1) is 0 Å². The van der Waals surface area contributed by atoms with Crippen LogP contribution in [0.25, 0.3) is 6.08 Å². The minimum absolute atomic E-state index is 0.0958. The Hall–Kier alpha value is -2.83. The Labute approximate surface area is 218 Å². The van der Waals surface area contributed by atoms with Crippen LogP contribution in [-0.4, -0.2) is 47.0 Å². The van der Waals surface area contributed by atoms with Gasteiger partial charge in [0.15, 0.2) is 0 Å². The van der Waals surface area contributed by atoms with Crippen LogP contribution >= 0.6 is 0 Å². The molecule has 0 aliphatic rings. The standard InChI is InChI=1S/C29H47N3O4/c1-10-12-13-17-32(27(34)24(18-20(3)4)31-28(35)36-29(7,8)9)25(26(33)30-21(5)6)23-16-14-15-22(11-2)19-23/h11,14-16,19-21,24-25H,2,10,12-13,17-18H2,1,3-9H3,(H,30,33)(H,31,35). The molecule has 2 atom stereocenters. The number of carbonyl (C=O) groups excluding carboxylic acids is 3. The molecule has 0 saturated heterocycles. The third kappa shape index (κ3) is 10.8. The van der Waals surface area contributed by atoms with E-state index < -0.39 is 23.8 Å².